The molecule has 0 saturated carbocycles. The van der Waals surface area contributed by atoms with Gasteiger partial charge in [-0.3, -0.25) is 39.2 Å². The molecule has 2 atom stereocenters. The fourth-order valence-corrected chi connectivity index (χ4v) is 10.7. The van der Waals surface area contributed by atoms with Crippen LogP contribution in [0.1, 0.15) is 136 Å². The molecule has 5 N–H and O–H groups in total. The lowest BCUT2D eigenvalue weighted by molar-refractivity contribution is -0.137. The van der Waals surface area contributed by atoms with Crippen LogP contribution < -0.4 is 26.6 Å². The van der Waals surface area contributed by atoms with E-state index in [0.717, 1.165) is 116 Å². The number of carbonyl (C=O) groups excluding carboxylic acids is 5. The van der Waals surface area contributed by atoms with Crippen molar-refractivity contribution in [2.24, 2.45) is 11.1 Å². The molecule has 4 aliphatic rings. The number of nitrogens with one attached hydrogen (secondary N) is 3. The zero-order chi connectivity index (χ0) is 48.7. The molecule has 0 spiro atoms. The Morgan fingerprint density at radius 2 is 1.72 bits per heavy atom. The molecule has 8 rings (SSSR count). The first-order chi connectivity index (χ1) is 33.1. The van der Waals surface area contributed by atoms with E-state index < -0.39 is 11.9 Å². The van der Waals surface area contributed by atoms with E-state index >= 15 is 0 Å². The van der Waals surface area contributed by atoms with Gasteiger partial charge in [-0.1, -0.05) is 81.6 Å². The number of hydrogen-bond donors (Lipinski definition) is 4. The van der Waals surface area contributed by atoms with E-state index in [1.807, 2.05) is 54.9 Å². The summed E-state index contributed by atoms with van der Waals surface area (Å²) in [5, 5.41) is 9.17. The second kappa shape index (κ2) is 21.8. The number of rotatable bonds is 18. The molecule has 4 aromatic rings. The number of anilines is 2. The summed E-state index contributed by atoms with van der Waals surface area (Å²) in [7, 11) is 0. The van der Waals surface area contributed by atoms with E-state index in [1.165, 1.54) is 22.2 Å². The van der Waals surface area contributed by atoms with E-state index in [0.29, 0.717) is 30.1 Å². The minimum absolute atomic E-state index is 0.0369. The summed E-state index contributed by atoms with van der Waals surface area (Å²) < 4.78 is 0. The van der Waals surface area contributed by atoms with Crippen LogP contribution in [0.25, 0.3) is 5.57 Å². The lowest BCUT2D eigenvalue weighted by Gasteiger charge is -2.41. The molecule has 0 aliphatic carbocycles. The number of nitrogens with two attached hydrogens (primary N) is 1. The van der Waals surface area contributed by atoms with Gasteiger partial charge in [-0.25, -0.2) is 9.97 Å². The Morgan fingerprint density at radius 1 is 0.928 bits per heavy atom. The van der Waals surface area contributed by atoms with Gasteiger partial charge in [0, 0.05) is 91.4 Å². The van der Waals surface area contributed by atoms with Gasteiger partial charge in [0.15, 0.2) is 0 Å². The SMILES string of the molecule is CC(CCCCCCCC(=O)Nc1cccc(Sc2cnc(N3CCC(C)(N)CC3)cn2)c1)N1CC=C(c2ccc(C(=O)NCc3ccc4c(c3)CN(C3CCC(=O)NC3=O)C4=O)nc2)C(C)(C)C1. The maximum atomic E-state index is 13.2. The third kappa shape index (κ3) is 12.6. The van der Waals surface area contributed by atoms with Gasteiger partial charge in [0.1, 0.15) is 22.6 Å². The summed E-state index contributed by atoms with van der Waals surface area (Å²) in [6, 6.07) is 16.8. The van der Waals surface area contributed by atoms with Crippen LogP contribution in [0.4, 0.5) is 11.5 Å². The monoisotopic (exact) mass is 954 g/mol. The molecule has 2 aromatic carbocycles. The number of pyridine rings is 1. The van der Waals surface area contributed by atoms with Crippen LogP contribution in [0.3, 0.4) is 0 Å². The minimum Gasteiger partial charge on any atom is -0.355 e. The Labute approximate surface area is 409 Å². The van der Waals surface area contributed by atoms with Gasteiger partial charge in [0.25, 0.3) is 11.8 Å². The molecular formula is C53H66N10O5S. The van der Waals surface area contributed by atoms with E-state index in [4.69, 9.17) is 5.73 Å². The molecule has 0 bridgehead atoms. The molecule has 2 saturated heterocycles. The number of aromatic nitrogens is 3. The number of imide groups is 1. The summed E-state index contributed by atoms with van der Waals surface area (Å²) in [5.74, 6) is -0.362. The molecule has 2 fully saturated rings. The van der Waals surface area contributed by atoms with Crippen LogP contribution in [0.2, 0.25) is 0 Å². The van der Waals surface area contributed by atoms with Gasteiger partial charge in [-0.05, 0) is 98.5 Å². The summed E-state index contributed by atoms with van der Waals surface area (Å²) in [4.78, 5) is 84.2. The molecule has 6 heterocycles. The lowest BCUT2D eigenvalue weighted by Crippen LogP contribution is -2.52. The highest BCUT2D eigenvalue weighted by atomic mass is 32.2. The fourth-order valence-electron chi connectivity index (χ4n) is 9.88. The minimum atomic E-state index is -0.672. The average molecular weight is 955 g/mol. The Balaban J connectivity index is 0.710. The predicted octanol–water partition coefficient (Wildman–Crippen LogP) is 7.51. The topological polar surface area (TPSA) is 196 Å². The van der Waals surface area contributed by atoms with Crippen molar-refractivity contribution in [1.82, 2.24) is 35.4 Å². The van der Waals surface area contributed by atoms with Crippen molar-refractivity contribution in [3.8, 4) is 0 Å². The lowest BCUT2D eigenvalue weighted by atomic mass is 9.77. The smallest absolute Gasteiger partial charge is 0.270 e. The number of fused-ring (bicyclic) bond motifs is 1. The Morgan fingerprint density at radius 3 is 2.46 bits per heavy atom. The van der Waals surface area contributed by atoms with Gasteiger partial charge in [0.2, 0.25) is 17.7 Å². The number of hydrogen-bond acceptors (Lipinski definition) is 12. The molecule has 364 valence electrons. The van der Waals surface area contributed by atoms with Gasteiger partial charge >= 0.3 is 0 Å². The maximum Gasteiger partial charge on any atom is 0.270 e. The number of benzene rings is 2. The number of nitrogens with zero attached hydrogens (tertiary/aromatic N) is 6. The second-order valence-corrected chi connectivity index (χ2v) is 21.2. The molecular weight excluding hydrogens is 889 g/mol. The van der Waals surface area contributed by atoms with Crippen LogP contribution in [0.5, 0.6) is 0 Å². The molecule has 4 aliphatic heterocycles. The molecule has 69 heavy (non-hydrogen) atoms. The number of amides is 5. The van der Waals surface area contributed by atoms with E-state index in [1.54, 1.807) is 18.3 Å². The first-order valence-corrected chi connectivity index (χ1v) is 25.3. The normalized spacial score (nSPS) is 19.4. The molecule has 15 nitrogen and oxygen atoms in total. The summed E-state index contributed by atoms with van der Waals surface area (Å²) in [6.45, 7) is 13.0. The van der Waals surface area contributed by atoms with Crippen molar-refractivity contribution in [2.45, 2.75) is 139 Å². The largest absolute Gasteiger partial charge is 0.355 e. The van der Waals surface area contributed by atoms with Gasteiger partial charge in [0.05, 0.1) is 12.4 Å². The molecule has 2 aromatic heterocycles. The van der Waals surface area contributed by atoms with Crippen LogP contribution in [0, 0.1) is 5.41 Å². The van der Waals surface area contributed by atoms with Gasteiger partial charge < -0.3 is 26.2 Å². The van der Waals surface area contributed by atoms with Gasteiger partial charge in [-0.15, -0.1) is 0 Å². The molecule has 0 radical (unpaired) electrons. The Hall–Kier alpha value is -5.97. The summed E-state index contributed by atoms with van der Waals surface area (Å²) >= 11 is 1.53. The summed E-state index contributed by atoms with van der Waals surface area (Å²) in [5.41, 5.74) is 11.6. The van der Waals surface area contributed by atoms with Crippen molar-refractivity contribution in [1.29, 1.82) is 0 Å². The number of unbranched alkanes of at least 4 members (excludes halogenated alkanes) is 4. The van der Waals surface area contributed by atoms with Crippen LogP contribution in [-0.2, 0) is 27.5 Å². The average Bonchev–Trinajstić information content (AvgIpc) is 3.65. The van der Waals surface area contributed by atoms with Crippen molar-refractivity contribution < 1.29 is 24.0 Å². The van der Waals surface area contributed by atoms with Crippen molar-refractivity contribution >= 4 is 58.4 Å². The molecule has 5 amide bonds. The highest BCUT2D eigenvalue weighted by Gasteiger charge is 2.39. The second-order valence-electron chi connectivity index (χ2n) is 20.1. The van der Waals surface area contributed by atoms with Crippen LogP contribution in [0.15, 0.2) is 89.2 Å². The molecule has 16 heteroatoms. The highest BCUT2D eigenvalue weighted by Crippen LogP contribution is 2.39. The fraction of sp³-hybridized carbons (Fsp3) is 0.472. The van der Waals surface area contributed by atoms with Crippen LogP contribution >= 0.6 is 11.8 Å². The van der Waals surface area contributed by atoms with Crippen LogP contribution in [-0.4, -0.2) is 98.1 Å². The van der Waals surface area contributed by atoms with Crippen molar-refractivity contribution in [3.05, 3.63) is 107 Å². The third-order valence-corrected chi connectivity index (χ3v) is 14.9. The Kier molecular flexibility index (Phi) is 15.6. The highest BCUT2D eigenvalue weighted by molar-refractivity contribution is 7.99. The zero-order valence-corrected chi connectivity index (χ0v) is 41.2. The quantitative estimate of drug-likeness (QED) is 0.0567. The van der Waals surface area contributed by atoms with E-state index in [9.17, 15) is 24.0 Å². The van der Waals surface area contributed by atoms with Crippen molar-refractivity contribution in [3.63, 3.8) is 0 Å². The summed E-state index contributed by atoms with van der Waals surface area (Å²) in [6.07, 6.45) is 17.0. The molecule has 2 unspecified atom stereocenters. The van der Waals surface area contributed by atoms with E-state index in [2.05, 4.69) is 74.5 Å². The zero-order valence-electron chi connectivity index (χ0n) is 40.4. The van der Waals surface area contributed by atoms with E-state index in [-0.39, 0.29) is 54.1 Å². The predicted molar refractivity (Wildman–Crippen MR) is 268 cm³/mol. The standard InChI is InChI=1S/C53H66N10O5S/c1-35(11-8-6-5-7-9-14-46(64)59-39-12-10-13-40(28-39)69-48-32-56-45(31-57-48)61-25-22-53(4,54)23-26-61)62-24-21-42(52(2,3)34-62)37-16-18-43(55-30-37)49(66)58-29-36-15-17-41-38(27-36)33-63(51(41)68)44-19-20-47(65)60-50(44)67/h10,12-13,15-18,21,27-28,30-32,35,44H,5-9,11,14,19-20,22-26,29,33-34,54H2,1-4H3,(H,58,66)(H,59,64)(H,60,65,67). The maximum absolute atomic E-state index is 13.2. The first-order valence-electron chi connectivity index (χ1n) is 24.5. The van der Waals surface area contributed by atoms with Gasteiger partial charge in [-0.2, -0.15) is 0 Å². The number of carbonyl (C=O) groups is 5. The van der Waals surface area contributed by atoms with Crippen molar-refractivity contribution in [2.75, 3.05) is 36.4 Å². The Bertz CT molecular complexity index is 2550. The first kappa shape index (κ1) is 49.5. The third-order valence-electron chi connectivity index (χ3n) is 14.0. The number of piperidine rings is 2.